The number of nitrogens with zero attached hydrogens (tertiary/aromatic N) is 1. The van der Waals surface area contributed by atoms with Crippen LogP contribution < -0.4 is 0 Å². The fourth-order valence-corrected chi connectivity index (χ4v) is 2.28. The van der Waals surface area contributed by atoms with Gasteiger partial charge in [0.05, 0.1) is 17.7 Å². The highest BCUT2D eigenvalue weighted by atomic mass is 35.5. The fourth-order valence-electron chi connectivity index (χ4n) is 1.79. The van der Waals surface area contributed by atoms with Crippen LogP contribution in [0.2, 0.25) is 10.0 Å². The Morgan fingerprint density at radius 1 is 1.11 bits per heavy atom. The Morgan fingerprint density at radius 2 is 1.79 bits per heavy atom. The van der Waals surface area contributed by atoms with Crippen molar-refractivity contribution in [2.45, 2.75) is 12.5 Å². The van der Waals surface area contributed by atoms with Crippen LogP contribution in [-0.2, 0) is 6.42 Å². The molecule has 0 aromatic heterocycles. The smallest absolute Gasteiger partial charge is 0.0991 e. The quantitative estimate of drug-likeness (QED) is 0.924. The monoisotopic (exact) mass is 291 g/mol. The van der Waals surface area contributed by atoms with Gasteiger partial charge in [0.15, 0.2) is 0 Å². The molecule has 0 aliphatic rings. The van der Waals surface area contributed by atoms with Crippen molar-refractivity contribution in [1.29, 1.82) is 5.26 Å². The maximum absolute atomic E-state index is 10.2. The minimum Gasteiger partial charge on any atom is -0.388 e. The molecular formula is C15H11Cl2NO. The van der Waals surface area contributed by atoms with Gasteiger partial charge < -0.3 is 5.11 Å². The number of nitriles is 1. The Kier molecular flexibility index (Phi) is 4.44. The van der Waals surface area contributed by atoms with Crippen molar-refractivity contribution < 1.29 is 5.11 Å². The van der Waals surface area contributed by atoms with Gasteiger partial charge in [-0.15, -0.1) is 0 Å². The zero-order valence-corrected chi connectivity index (χ0v) is 11.5. The lowest BCUT2D eigenvalue weighted by atomic mass is 10.0. The first-order chi connectivity index (χ1) is 9.10. The van der Waals surface area contributed by atoms with Crippen molar-refractivity contribution in [2.24, 2.45) is 0 Å². The summed E-state index contributed by atoms with van der Waals surface area (Å²) in [6.07, 6.45) is -0.256. The second-order valence-electron chi connectivity index (χ2n) is 4.19. The highest BCUT2D eigenvalue weighted by Crippen LogP contribution is 2.26. The average Bonchev–Trinajstić information content (AvgIpc) is 2.42. The van der Waals surface area contributed by atoms with Gasteiger partial charge in [0.1, 0.15) is 0 Å². The normalized spacial score (nSPS) is 11.9. The molecule has 0 saturated heterocycles. The molecule has 2 aromatic rings. The third-order valence-corrected chi connectivity index (χ3v) is 3.44. The van der Waals surface area contributed by atoms with Crippen LogP contribution in [-0.4, -0.2) is 5.11 Å². The summed E-state index contributed by atoms with van der Waals surface area (Å²) in [7, 11) is 0. The predicted molar refractivity (Wildman–Crippen MR) is 76.3 cm³/mol. The van der Waals surface area contributed by atoms with Gasteiger partial charge in [-0.05, 0) is 35.4 Å². The molecule has 1 unspecified atom stereocenters. The number of aliphatic hydroxyl groups is 1. The van der Waals surface area contributed by atoms with Crippen LogP contribution in [0, 0.1) is 11.3 Å². The van der Waals surface area contributed by atoms with E-state index in [2.05, 4.69) is 0 Å². The lowest BCUT2D eigenvalue weighted by molar-refractivity contribution is 0.178. The summed E-state index contributed by atoms with van der Waals surface area (Å²) in [5.74, 6) is 0. The van der Waals surface area contributed by atoms with Crippen molar-refractivity contribution in [3.05, 3.63) is 69.2 Å². The van der Waals surface area contributed by atoms with Gasteiger partial charge in [-0.25, -0.2) is 0 Å². The number of benzene rings is 2. The molecular weight excluding hydrogens is 281 g/mol. The van der Waals surface area contributed by atoms with Gasteiger partial charge in [-0.3, -0.25) is 0 Å². The minimum absolute atomic E-state index is 0.405. The van der Waals surface area contributed by atoms with Crippen molar-refractivity contribution >= 4 is 23.2 Å². The second kappa shape index (κ2) is 6.08. The molecule has 0 spiro atoms. The van der Waals surface area contributed by atoms with E-state index in [9.17, 15) is 5.11 Å². The van der Waals surface area contributed by atoms with E-state index in [0.717, 1.165) is 11.1 Å². The van der Waals surface area contributed by atoms with E-state index >= 15 is 0 Å². The molecule has 0 bridgehead atoms. The molecule has 0 aliphatic carbocycles. The van der Waals surface area contributed by atoms with Crippen molar-refractivity contribution in [3.8, 4) is 6.07 Å². The van der Waals surface area contributed by atoms with E-state index < -0.39 is 6.10 Å². The number of rotatable bonds is 3. The van der Waals surface area contributed by atoms with E-state index in [-0.39, 0.29) is 0 Å². The van der Waals surface area contributed by atoms with Crippen LogP contribution >= 0.6 is 23.2 Å². The summed E-state index contributed by atoms with van der Waals surface area (Å²) < 4.78 is 0. The third kappa shape index (κ3) is 3.48. The molecule has 2 aromatic carbocycles. The molecule has 1 N–H and O–H groups in total. The van der Waals surface area contributed by atoms with E-state index in [1.807, 2.05) is 6.07 Å². The summed E-state index contributed by atoms with van der Waals surface area (Å²) in [5, 5.41) is 20.0. The molecule has 0 fully saturated rings. The molecule has 19 heavy (non-hydrogen) atoms. The van der Waals surface area contributed by atoms with Crippen LogP contribution in [0.15, 0.2) is 42.5 Å². The molecule has 0 amide bonds. The van der Waals surface area contributed by atoms with Crippen LogP contribution in [0.1, 0.15) is 22.8 Å². The standard InChI is InChI=1S/C15H11Cl2NO/c16-13-6-5-12(14(17)8-13)7-15(19)11-3-1-10(9-18)2-4-11/h1-6,8,15,19H,7H2. The molecule has 0 radical (unpaired) electrons. The SMILES string of the molecule is N#Cc1ccc(C(O)Cc2ccc(Cl)cc2Cl)cc1. The fraction of sp³-hybridized carbons (Fsp3) is 0.133. The summed E-state index contributed by atoms with van der Waals surface area (Å²) in [6.45, 7) is 0. The van der Waals surface area contributed by atoms with Crippen LogP contribution in [0.25, 0.3) is 0 Å². The highest BCUT2D eigenvalue weighted by Gasteiger charge is 2.11. The minimum atomic E-state index is -0.661. The summed E-state index contributed by atoms with van der Waals surface area (Å²) in [6, 6.07) is 14.1. The Morgan fingerprint density at radius 3 is 2.37 bits per heavy atom. The molecule has 0 saturated carbocycles. The molecule has 2 rings (SSSR count). The zero-order chi connectivity index (χ0) is 13.8. The number of hydrogen-bond acceptors (Lipinski definition) is 2. The van der Waals surface area contributed by atoms with E-state index in [4.69, 9.17) is 28.5 Å². The van der Waals surface area contributed by atoms with Gasteiger partial charge >= 0.3 is 0 Å². The first kappa shape index (κ1) is 13.9. The number of hydrogen-bond donors (Lipinski definition) is 1. The van der Waals surface area contributed by atoms with Crippen LogP contribution in [0.5, 0.6) is 0 Å². The molecule has 0 heterocycles. The van der Waals surface area contributed by atoms with Gasteiger partial charge in [0.2, 0.25) is 0 Å². The first-order valence-corrected chi connectivity index (χ1v) is 6.48. The predicted octanol–water partition coefficient (Wildman–Crippen LogP) is 4.14. The first-order valence-electron chi connectivity index (χ1n) is 5.72. The molecule has 4 heteroatoms. The summed E-state index contributed by atoms with van der Waals surface area (Å²) in [4.78, 5) is 0. The average molecular weight is 292 g/mol. The highest BCUT2D eigenvalue weighted by molar-refractivity contribution is 6.35. The molecule has 1 atom stereocenters. The van der Waals surface area contributed by atoms with Crippen molar-refractivity contribution in [1.82, 2.24) is 0 Å². The lowest BCUT2D eigenvalue weighted by Gasteiger charge is -2.12. The second-order valence-corrected chi connectivity index (χ2v) is 5.03. The molecule has 0 aliphatic heterocycles. The third-order valence-electron chi connectivity index (χ3n) is 2.85. The van der Waals surface area contributed by atoms with Crippen molar-refractivity contribution in [3.63, 3.8) is 0 Å². The number of halogens is 2. The number of aliphatic hydroxyl groups excluding tert-OH is 1. The topological polar surface area (TPSA) is 44.0 Å². The van der Waals surface area contributed by atoms with E-state index in [0.29, 0.717) is 22.0 Å². The van der Waals surface area contributed by atoms with Gasteiger partial charge in [-0.2, -0.15) is 5.26 Å². The largest absolute Gasteiger partial charge is 0.388 e. The van der Waals surface area contributed by atoms with E-state index in [1.165, 1.54) is 0 Å². The van der Waals surface area contributed by atoms with Gasteiger partial charge in [-0.1, -0.05) is 41.4 Å². The van der Waals surface area contributed by atoms with E-state index in [1.54, 1.807) is 42.5 Å². The maximum atomic E-state index is 10.2. The Hall–Kier alpha value is -1.53. The zero-order valence-electron chi connectivity index (χ0n) is 9.98. The Bertz CT molecular complexity index is 617. The summed E-state index contributed by atoms with van der Waals surface area (Å²) in [5.41, 5.74) is 2.16. The van der Waals surface area contributed by atoms with Gasteiger partial charge in [0, 0.05) is 16.5 Å². The Labute approximate surface area is 121 Å². The Balaban J connectivity index is 2.16. The molecule has 2 nitrogen and oxygen atoms in total. The van der Waals surface area contributed by atoms with Crippen molar-refractivity contribution in [2.75, 3.05) is 0 Å². The van der Waals surface area contributed by atoms with Crippen LogP contribution in [0.3, 0.4) is 0 Å². The molecule has 96 valence electrons. The lowest BCUT2D eigenvalue weighted by Crippen LogP contribution is -2.02. The maximum Gasteiger partial charge on any atom is 0.0991 e. The van der Waals surface area contributed by atoms with Gasteiger partial charge in [0.25, 0.3) is 0 Å². The summed E-state index contributed by atoms with van der Waals surface area (Å²) >= 11 is 11.9. The van der Waals surface area contributed by atoms with Crippen LogP contribution in [0.4, 0.5) is 0 Å².